The third kappa shape index (κ3) is 6.07. The van der Waals surface area contributed by atoms with Crippen LogP contribution < -0.4 is 0 Å². The third-order valence-electron chi connectivity index (χ3n) is 1.55. The number of nitrogens with zero attached hydrogens (tertiary/aromatic N) is 1. The zero-order valence-electron chi connectivity index (χ0n) is 7.90. The predicted octanol–water partition coefficient (Wildman–Crippen LogP) is 2.42. The summed E-state index contributed by atoms with van der Waals surface area (Å²) in [7, 11) is 0. The van der Waals surface area contributed by atoms with Crippen LogP contribution in [-0.4, -0.2) is 36.0 Å². The molecule has 6 heteroatoms. The van der Waals surface area contributed by atoms with Crippen molar-refractivity contribution in [2.45, 2.75) is 25.9 Å². The monoisotopic (exact) mass is 231 g/mol. The van der Waals surface area contributed by atoms with Gasteiger partial charge in [0.25, 0.3) is 0 Å². The van der Waals surface area contributed by atoms with E-state index in [2.05, 4.69) is 0 Å². The second-order valence-electron chi connectivity index (χ2n) is 2.86. The number of alkyl halides is 4. The topological polar surface area (TPSA) is 20.3 Å². The summed E-state index contributed by atoms with van der Waals surface area (Å²) in [5, 5.41) is 0. The summed E-state index contributed by atoms with van der Waals surface area (Å²) >= 11 is 5.37. The summed E-state index contributed by atoms with van der Waals surface area (Å²) in [5.74, 6) is -0.746. The molecular weight excluding hydrogens is 219 g/mol. The highest BCUT2D eigenvalue weighted by atomic mass is 35.5. The van der Waals surface area contributed by atoms with Gasteiger partial charge in [-0.25, -0.2) is 0 Å². The minimum absolute atomic E-state index is 0.156. The van der Waals surface area contributed by atoms with E-state index in [1.54, 1.807) is 6.92 Å². The van der Waals surface area contributed by atoms with Crippen LogP contribution in [0.15, 0.2) is 0 Å². The molecule has 0 spiro atoms. The number of amides is 1. The van der Waals surface area contributed by atoms with E-state index in [-0.39, 0.29) is 12.4 Å². The molecular formula is C8H13ClF3NO. The van der Waals surface area contributed by atoms with E-state index in [0.717, 1.165) is 4.90 Å². The maximum absolute atomic E-state index is 11.9. The van der Waals surface area contributed by atoms with Gasteiger partial charge in [-0.2, -0.15) is 13.2 Å². The van der Waals surface area contributed by atoms with Gasteiger partial charge in [0.05, 0.1) is 0 Å². The van der Waals surface area contributed by atoms with Crippen LogP contribution in [0.25, 0.3) is 0 Å². The van der Waals surface area contributed by atoms with Gasteiger partial charge in [-0.1, -0.05) is 6.92 Å². The third-order valence-corrected chi connectivity index (χ3v) is 1.72. The number of hydrogen-bond donors (Lipinski definition) is 0. The number of carbonyl (C=O) groups is 1. The van der Waals surface area contributed by atoms with Gasteiger partial charge in [0.15, 0.2) is 0 Å². The van der Waals surface area contributed by atoms with E-state index >= 15 is 0 Å². The summed E-state index contributed by atoms with van der Waals surface area (Å²) in [6, 6.07) is 0. The maximum Gasteiger partial charge on any atom is 0.397 e. The molecule has 0 rings (SSSR count). The first-order valence-corrected chi connectivity index (χ1v) is 4.84. The van der Waals surface area contributed by atoms with Gasteiger partial charge in [-0.3, -0.25) is 4.79 Å². The van der Waals surface area contributed by atoms with Crippen LogP contribution in [0.4, 0.5) is 13.2 Å². The lowest BCUT2D eigenvalue weighted by Crippen LogP contribution is -2.36. The van der Waals surface area contributed by atoms with Gasteiger partial charge >= 0.3 is 6.18 Å². The van der Waals surface area contributed by atoms with Crippen molar-refractivity contribution in [2.24, 2.45) is 0 Å². The highest BCUT2D eigenvalue weighted by Gasteiger charge is 2.33. The first-order valence-electron chi connectivity index (χ1n) is 4.31. The zero-order valence-corrected chi connectivity index (χ0v) is 8.66. The average molecular weight is 232 g/mol. The standard InChI is InChI=1S/C8H13ClF3NO/c1-2-4-13(5-3-9)7(14)6-8(10,11)12/h2-6H2,1H3. The largest absolute Gasteiger partial charge is 0.397 e. The van der Waals surface area contributed by atoms with E-state index in [1.165, 1.54) is 0 Å². The van der Waals surface area contributed by atoms with Crippen molar-refractivity contribution in [1.82, 2.24) is 4.90 Å². The van der Waals surface area contributed by atoms with Crippen molar-refractivity contribution >= 4 is 17.5 Å². The van der Waals surface area contributed by atoms with E-state index in [0.29, 0.717) is 13.0 Å². The number of hydrogen-bond acceptors (Lipinski definition) is 1. The van der Waals surface area contributed by atoms with E-state index in [4.69, 9.17) is 11.6 Å². The SMILES string of the molecule is CCCN(CCCl)C(=O)CC(F)(F)F. The molecule has 0 atom stereocenters. The fourth-order valence-corrected chi connectivity index (χ4v) is 1.22. The van der Waals surface area contributed by atoms with Crippen LogP contribution >= 0.6 is 11.6 Å². The molecule has 0 radical (unpaired) electrons. The highest BCUT2D eigenvalue weighted by molar-refractivity contribution is 6.18. The zero-order chi connectivity index (χ0) is 11.2. The quantitative estimate of drug-likeness (QED) is 0.666. The van der Waals surface area contributed by atoms with Crippen LogP contribution in [0.3, 0.4) is 0 Å². The van der Waals surface area contributed by atoms with Gasteiger partial charge in [0.1, 0.15) is 6.42 Å². The Bertz CT molecular complexity index is 178. The Kier molecular flexibility index (Phi) is 5.92. The van der Waals surface area contributed by atoms with Crippen LogP contribution in [0.5, 0.6) is 0 Å². The molecule has 0 aromatic heterocycles. The van der Waals surface area contributed by atoms with Gasteiger partial charge < -0.3 is 4.90 Å². The molecule has 0 unspecified atom stereocenters. The summed E-state index contributed by atoms with van der Waals surface area (Å²) in [5.41, 5.74) is 0. The lowest BCUT2D eigenvalue weighted by molar-refractivity contribution is -0.161. The molecule has 0 heterocycles. The van der Waals surface area contributed by atoms with E-state index in [1.807, 2.05) is 0 Å². The van der Waals surface area contributed by atoms with Gasteiger partial charge in [-0.05, 0) is 6.42 Å². The molecule has 0 aromatic rings. The molecule has 0 aliphatic heterocycles. The van der Waals surface area contributed by atoms with Crippen molar-refractivity contribution in [3.05, 3.63) is 0 Å². The molecule has 0 aliphatic carbocycles. The van der Waals surface area contributed by atoms with Gasteiger partial charge in [0, 0.05) is 19.0 Å². The van der Waals surface area contributed by atoms with E-state index in [9.17, 15) is 18.0 Å². The lowest BCUT2D eigenvalue weighted by Gasteiger charge is -2.21. The van der Waals surface area contributed by atoms with Crippen LogP contribution in [0.1, 0.15) is 19.8 Å². The number of carbonyl (C=O) groups excluding carboxylic acids is 1. The molecule has 0 fully saturated rings. The Morgan fingerprint density at radius 1 is 1.36 bits per heavy atom. The molecule has 1 amide bonds. The van der Waals surface area contributed by atoms with Crippen LogP contribution in [-0.2, 0) is 4.79 Å². The van der Waals surface area contributed by atoms with Crippen LogP contribution in [0.2, 0.25) is 0 Å². The van der Waals surface area contributed by atoms with Gasteiger partial charge in [-0.15, -0.1) is 11.6 Å². The highest BCUT2D eigenvalue weighted by Crippen LogP contribution is 2.20. The summed E-state index contributed by atoms with van der Waals surface area (Å²) < 4.78 is 35.6. The molecule has 0 N–H and O–H groups in total. The number of rotatable bonds is 5. The molecule has 2 nitrogen and oxygen atoms in total. The first-order chi connectivity index (χ1) is 6.40. The molecule has 0 bridgehead atoms. The second kappa shape index (κ2) is 6.11. The van der Waals surface area contributed by atoms with Crippen molar-refractivity contribution in [3.8, 4) is 0 Å². The first kappa shape index (κ1) is 13.5. The molecule has 14 heavy (non-hydrogen) atoms. The van der Waals surface area contributed by atoms with Crippen molar-refractivity contribution in [2.75, 3.05) is 19.0 Å². The Labute approximate surface area is 86.0 Å². The number of halogens is 4. The Morgan fingerprint density at radius 2 is 1.93 bits per heavy atom. The molecule has 0 aromatic carbocycles. The van der Waals surface area contributed by atoms with Crippen molar-refractivity contribution in [1.29, 1.82) is 0 Å². The molecule has 0 aliphatic rings. The smallest absolute Gasteiger partial charge is 0.341 e. The van der Waals surface area contributed by atoms with E-state index < -0.39 is 18.5 Å². The van der Waals surface area contributed by atoms with Gasteiger partial charge in [0.2, 0.25) is 5.91 Å². The predicted molar refractivity (Wildman–Crippen MR) is 48.3 cm³/mol. The fraction of sp³-hybridized carbons (Fsp3) is 0.875. The molecule has 0 saturated carbocycles. The summed E-state index contributed by atoms with van der Waals surface area (Å²) in [6.45, 7) is 2.29. The average Bonchev–Trinajstić information content (AvgIpc) is 2.01. The summed E-state index contributed by atoms with van der Waals surface area (Å²) in [4.78, 5) is 12.2. The Morgan fingerprint density at radius 3 is 2.29 bits per heavy atom. The molecule has 0 saturated heterocycles. The van der Waals surface area contributed by atoms with Crippen molar-refractivity contribution in [3.63, 3.8) is 0 Å². The maximum atomic E-state index is 11.9. The lowest BCUT2D eigenvalue weighted by atomic mass is 10.3. The Hall–Kier alpha value is -0.450. The fourth-order valence-electron chi connectivity index (χ4n) is 1.02. The summed E-state index contributed by atoms with van der Waals surface area (Å²) in [6.07, 6.45) is -5.21. The van der Waals surface area contributed by atoms with Crippen molar-refractivity contribution < 1.29 is 18.0 Å². The molecule has 84 valence electrons. The second-order valence-corrected chi connectivity index (χ2v) is 3.24. The minimum Gasteiger partial charge on any atom is -0.341 e. The minimum atomic E-state index is -4.44. The normalized spacial score (nSPS) is 11.5. The van der Waals surface area contributed by atoms with Crippen LogP contribution in [0, 0.1) is 0 Å². The Balaban J connectivity index is 4.14.